The summed E-state index contributed by atoms with van der Waals surface area (Å²) in [5.41, 5.74) is 0.479. The van der Waals surface area contributed by atoms with E-state index in [9.17, 15) is 22.8 Å². The fourth-order valence-electron chi connectivity index (χ4n) is 2.10. The Morgan fingerprint density at radius 2 is 1.52 bits per heavy atom. The number of nitrogens with two attached hydrogens (primary N) is 1. The van der Waals surface area contributed by atoms with Gasteiger partial charge in [-0.25, -0.2) is 13.6 Å². The average Bonchev–Trinajstić information content (AvgIpc) is 2.64. The zero-order valence-corrected chi connectivity index (χ0v) is 17.1. The molecule has 0 heterocycles. The van der Waals surface area contributed by atoms with Crippen molar-refractivity contribution in [2.75, 3.05) is 18.4 Å². The summed E-state index contributed by atoms with van der Waals surface area (Å²) in [4.78, 5) is 35.6. The largest absolute Gasteiger partial charge is 0.345 e. The van der Waals surface area contributed by atoms with Crippen molar-refractivity contribution < 1.29 is 22.8 Å². The van der Waals surface area contributed by atoms with E-state index < -0.39 is 27.7 Å². The number of carbonyl (C=O) groups excluding carboxylic acids is 3. The Balaban J connectivity index is 1.78. The zero-order chi connectivity index (χ0) is 21.6. The van der Waals surface area contributed by atoms with Crippen LogP contribution in [0.4, 0.5) is 5.69 Å². The first kappa shape index (κ1) is 22.6. The second-order valence-electron chi connectivity index (χ2n) is 5.70. The second-order valence-corrected chi connectivity index (χ2v) is 8.11. The minimum absolute atomic E-state index is 0.0969. The van der Waals surface area contributed by atoms with Gasteiger partial charge >= 0.3 is 0 Å². The highest BCUT2D eigenvalue weighted by Crippen LogP contribution is 2.20. The van der Waals surface area contributed by atoms with Gasteiger partial charge in [-0.05, 0) is 42.5 Å². The van der Waals surface area contributed by atoms with E-state index in [4.69, 9.17) is 28.3 Å². The number of hydrogen-bond acceptors (Lipinski definition) is 5. The molecule has 0 saturated heterocycles. The molecule has 29 heavy (non-hydrogen) atoms. The maximum Gasteiger partial charge on any atom is 0.253 e. The Bertz CT molecular complexity index is 1040. The molecule has 2 rings (SSSR count). The number of halogens is 2. The fourth-order valence-corrected chi connectivity index (χ4v) is 3.11. The summed E-state index contributed by atoms with van der Waals surface area (Å²) in [5, 5.41) is 12.7. The first-order chi connectivity index (χ1) is 13.6. The minimum atomic E-state index is -3.83. The number of carbonyl (C=O) groups is 3. The Hall–Kier alpha value is -2.66. The van der Waals surface area contributed by atoms with Gasteiger partial charge in [0.15, 0.2) is 0 Å². The summed E-state index contributed by atoms with van der Waals surface area (Å²) < 4.78 is 22.4. The molecule has 2 aromatic carbocycles. The molecule has 0 aliphatic heterocycles. The van der Waals surface area contributed by atoms with Crippen molar-refractivity contribution in [1.82, 2.24) is 10.6 Å². The summed E-state index contributed by atoms with van der Waals surface area (Å²) in [5.74, 6) is -1.71. The Labute approximate surface area is 176 Å². The third kappa shape index (κ3) is 7.02. The van der Waals surface area contributed by atoms with Crippen LogP contribution in [-0.2, 0) is 19.6 Å². The summed E-state index contributed by atoms with van der Waals surface area (Å²) in [7, 11) is -3.83. The number of hydrogen-bond donors (Lipinski definition) is 4. The molecule has 0 atom stereocenters. The molecule has 0 fully saturated rings. The molecule has 12 heteroatoms. The first-order valence-electron chi connectivity index (χ1n) is 7.99. The second kappa shape index (κ2) is 9.70. The highest BCUT2D eigenvalue weighted by molar-refractivity contribution is 7.89. The topological polar surface area (TPSA) is 147 Å². The van der Waals surface area contributed by atoms with E-state index in [1.54, 1.807) is 0 Å². The predicted octanol–water partition coefficient (Wildman–Crippen LogP) is 1.13. The lowest BCUT2D eigenvalue weighted by atomic mass is 10.2. The quantitative estimate of drug-likeness (QED) is 0.490. The lowest BCUT2D eigenvalue weighted by molar-refractivity contribution is -0.123. The molecule has 0 bridgehead atoms. The van der Waals surface area contributed by atoms with E-state index in [-0.39, 0.29) is 28.6 Å². The Morgan fingerprint density at radius 1 is 0.897 bits per heavy atom. The normalized spacial score (nSPS) is 10.9. The van der Waals surface area contributed by atoms with Crippen LogP contribution in [0.25, 0.3) is 0 Å². The number of anilines is 1. The van der Waals surface area contributed by atoms with E-state index in [1.165, 1.54) is 42.5 Å². The van der Waals surface area contributed by atoms with Crippen molar-refractivity contribution in [3.8, 4) is 0 Å². The Morgan fingerprint density at radius 3 is 2.10 bits per heavy atom. The monoisotopic (exact) mass is 458 g/mol. The van der Waals surface area contributed by atoms with Gasteiger partial charge < -0.3 is 16.0 Å². The highest BCUT2D eigenvalue weighted by atomic mass is 35.5. The molecular formula is C17H16Cl2N4O5S. The zero-order valence-electron chi connectivity index (χ0n) is 14.7. The van der Waals surface area contributed by atoms with Crippen molar-refractivity contribution in [1.29, 1.82) is 0 Å². The van der Waals surface area contributed by atoms with Gasteiger partial charge in [0, 0.05) is 10.7 Å². The van der Waals surface area contributed by atoms with Crippen LogP contribution in [-0.4, -0.2) is 39.2 Å². The molecule has 5 N–H and O–H groups in total. The number of rotatable bonds is 7. The van der Waals surface area contributed by atoms with E-state index in [2.05, 4.69) is 16.0 Å². The first-order valence-corrected chi connectivity index (χ1v) is 10.3. The van der Waals surface area contributed by atoms with Crippen molar-refractivity contribution in [2.45, 2.75) is 4.90 Å². The van der Waals surface area contributed by atoms with Gasteiger partial charge in [-0.1, -0.05) is 23.2 Å². The maximum absolute atomic E-state index is 12.0. The van der Waals surface area contributed by atoms with Crippen molar-refractivity contribution in [3.05, 3.63) is 58.1 Å². The van der Waals surface area contributed by atoms with Gasteiger partial charge in [0.05, 0.1) is 28.6 Å². The minimum Gasteiger partial charge on any atom is -0.345 e. The van der Waals surface area contributed by atoms with E-state index in [0.717, 1.165) is 0 Å². The molecular weight excluding hydrogens is 443 g/mol. The van der Waals surface area contributed by atoms with Gasteiger partial charge in [0.1, 0.15) is 0 Å². The van der Waals surface area contributed by atoms with Crippen LogP contribution in [0.1, 0.15) is 10.4 Å². The van der Waals surface area contributed by atoms with Crippen LogP contribution >= 0.6 is 23.2 Å². The third-order valence-electron chi connectivity index (χ3n) is 3.50. The van der Waals surface area contributed by atoms with Crippen LogP contribution in [0.3, 0.4) is 0 Å². The Kier molecular flexibility index (Phi) is 7.57. The van der Waals surface area contributed by atoms with Crippen molar-refractivity contribution >= 4 is 56.6 Å². The average molecular weight is 459 g/mol. The van der Waals surface area contributed by atoms with Crippen molar-refractivity contribution in [3.63, 3.8) is 0 Å². The lowest BCUT2D eigenvalue weighted by Gasteiger charge is -2.09. The molecule has 0 unspecified atom stereocenters. The molecule has 0 aromatic heterocycles. The van der Waals surface area contributed by atoms with E-state index in [0.29, 0.717) is 10.7 Å². The van der Waals surface area contributed by atoms with Crippen LogP contribution in [0.15, 0.2) is 47.4 Å². The molecule has 9 nitrogen and oxygen atoms in total. The van der Waals surface area contributed by atoms with Gasteiger partial charge in [0.2, 0.25) is 21.8 Å². The van der Waals surface area contributed by atoms with Gasteiger partial charge in [0.25, 0.3) is 5.91 Å². The molecule has 0 aliphatic rings. The van der Waals surface area contributed by atoms with Crippen LogP contribution in [0.2, 0.25) is 10.0 Å². The molecule has 0 radical (unpaired) electrons. The van der Waals surface area contributed by atoms with Crippen LogP contribution in [0.5, 0.6) is 0 Å². The fraction of sp³-hybridized carbons (Fsp3) is 0.118. The molecule has 0 aliphatic carbocycles. The third-order valence-corrected chi connectivity index (χ3v) is 4.98. The smallest absolute Gasteiger partial charge is 0.253 e. The molecule has 0 spiro atoms. The lowest BCUT2D eigenvalue weighted by Crippen LogP contribution is -2.40. The summed E-state index contributed by atoms with van der Waals surface area (Å²) in [6.45, 7) is -0.721. The molecule has 0 saturated carbocycles. The SMILES string of the molecule is NS(=O)(=O)c1ccc(NC(=O)CNC(=O)CNC(=O)c2ccc(Cl)cc2Cl)cc1. The van der Waals surface area contributed by atoms with Gasteiger partial charge in [-0.3, -0.25) is 14.4 Å². The molecule has 2 aromatic rings. The summed E-state index contributed by atoms with van der Waals surface area (Å²) in [6, 6.07) is 9.50. The molecule has 154 valence electrons. The number of primary sulfonamides is 1. The maximum atomic E-state index is 12.0. The highest BCUT2D eigenvalue weighted by Gasteiger charge is 2.13. The predicted molar refractivity (Wildman–Crippen MR) is 108 cm³/mol. The van der Waals surface area contributed by atoms with Gasteiger partial charge in [-0.15, -0.1) is 0 Å². The van der Waals surface area contributed by atoms with Gasteiger partial charge in [-0.2, -0.15) is 0 Å². The van der Waals surface area contributed by atoms with Crippen LogP contribution < -0.4 is 21.1 Å². The standard InChI is InChI=1S/C17H16Cl2N4O5S/c18-10-1-6-13(14(19)7-10)17(26)22-8-15(24)21-9-16(25)23-11-2-4-12(5-3-11)29(20,27)28/h1-7H,8-9H2,(H,21,24)(H,22,26)(H,23,25)(H2,20,27,28). The number of sulfonamides is 1. The van der Waals surface area contributed by atoms with Crippen molar-refractivity contribution in [2.24, 2.45) is 5.14 Å². The molecule has 3 amide bonds. The summed E-state index contributed by atoms with van der Waals surface area (Å²) in [6.07, 6.45) is 0. The van der Waals surface area contributed by atoms with E-state index >= 15 is 0 Å². The number of amides is 3. The number of nitrogens with one attached hydrogen (secondary N) is 3. The number of benzene rings is 2. The van der Waals surface area contributed by atoms with E-state index in [1.807, 2.05) is 0 Å². The summed E-state index contributed by atoms with van der Waals surface area (Å²) >= 11 is 11.7. The van der Waals surface area contributed by atoms with Crippen LogP contribution in [0, 0.1) is 0 Å².